The minimum Gasteiger partial charge on any atom is -0.283 e. The van der Waals surface area contributed by atoms with Crippen molar-refractivity contribution in [2.45, 2.75) is 6.92 Å². The van der Waals surface area contributed by atoms with Crippen LogP contribution in [0.15, 0.2) is 64.2 Å². The quantitative estimate of drug-likeness (QED) is 0.410. The van der Waals surface area contributed by atoms with Crippen molar-refractivity contribution in [1.82, 2.24) is 13.9 Å². The van der Waals surface area contributed by atoms with E-state index in [-0.39, 0.29) is 25.8 Å². The lowest BCUT2D eigenvalue weighted by atomic mass is 10.2. The zero-order valence-corrected chi connectivity index (χ0v) is 18.3. The van der Waals surface area contributed by atoms with Gasteiger partial charge in [-0.1, -0.05) is 35.9 Å². The predicted molar refractivity (Wildman–Crippen MR) is 120 cm³/mol. The molecule has 152 valence electrons. The van der Waals surface area contributed by atoms with Crippen LogP contribution in [-0.2, 0) is 7.05 Å². The maximum Gasteiger partial charge on any atom is 0.296 e. The van der Waals surface area contributed by atoms with Crippen LogP contribution in [0.1, 0.15) is 5.69 Å². The molecule has 2 aromatic carbocycles. The molecule has 4 aromatic rings. The van der Waals surface area contributed by atoms with Gasteiger partial charge in [0.1, 0.15) is 11.5 Å². The van der Waals surface area contributed by atoms with Crippen LogP contribution in [0.4, 0.5) is 4.39 Å². The van der Waals surface area contributed by atoms with Gasteiger partial charge in [0.2, 0.25) is 0 Å². The van der Waals surface area contributed by atoms with E-state index in [1.54, 1.807) is 36.9 Å². The van der Waals surface area contributed by atoms with Crippen LogP contribution in [0.2, 0.25) is 5.02 Å². The molecular formula is C21H15ClFN3O2S2. The van der Waals surface area contributed by atoms with Crippen LogP contribution in [0.3, 0.4) is 0 Å². The predicted octanol–water partition coefficient (Wildman–Crippen LogP) is 4.89. The van der Waals surface area contributed by atoms with Crippen LogP contribution in [0.5, 0.6) is 0 Å². The maximum atomic E-state index is 14.3. The first kappa shape index (κ1) is 20.5. The molecule has 0 unspecified atom stereocenters. The molecule has 0 aliphatic carbocycles. The summed E-state index contributed by atoms with van der Waals surface area (Å²) < 4.78 is 18.8. The average molecular weight is 460 g/mol. The first-order valence-corrected chi connectivity index (χ1v) is 10.5. The van der Waals surface area contributed by atoms with Crippen molar-refractivity contribution in [3.8, 4) is 21.8 Å². The van der Waals surface area contributed by atoms with E-state index in [4.69, 9.17) is 23.8 Å². The van der Waals surface area contributed by atoms with Gasteiger partial charge in [-0.15, -0.1) is 11.3 Å². The van der Waals surface area contributed by atoms with E-state index in [2.05, 4.69) is 0 Å². The Balaban J connectivity index is 1.97. The fraction of sp³-hybridized carbons (Fsp3) is 0.0952. The number of rotatable bonds is 3. The van der Waals surface area contributed by atoms with Crippen LogP contribution in [-0.4, -0.2) is 13.9 Å². The molecule has 4 rings (SSSR count). The molecule has 0 saturated carbocycles. The Bertz CT molecular complexity index is 1400. The Kier molecular flexibility index (Phi) is 5.31. The van der Waals surface area contributed by atoms with E-state index in [0.717, 1.165) is 11.3 Å². The number of hydrogen-bond donors (Lipinski definition) is 0. The molecule has 0 amide bonds. The van der Waals surface area contributed by atoms with Gasteiger partial charge in [0.15, 0.2) is 3.95 Å². The Morgan fingerprint density at radius 3 is 2.40 bits per heavy atom. The maximum absolute atomic E-state index is 14.3. The number of hydrogen-bond acceptors (Lipinski definition) is 4. The molecule has 30 heavy (non-hydrogen) atoms. The van der Waals surface area contributed by atoms with E-state index < -0.39 is 11.4 Å². The first-order valence-electron chi connectivity index (χ1n) is 8.87. The first-order chi connectivity index (χ1) is 14.3. The molecule has 0 spiro atoms. The van der Waals surface area contributed by atoms with E-state index in [9.17, 15) is 14.0 Å². The molecule has 0 aliphatic rings. The summed E-state index contributed by atoms with van der Waals surface area (Å²) in [5.74, 6) is -0.548. The third-order valence-corrected chi connectivity index (χ3v) is 6.46. The molecule has 0 aliphatic heterocycles. The Morgan fingerprint density at radius 1 is 1.07 bits per heavy atom. The van der Waals surface area contributed by atoms with Gasteiger partial charge in [-0.05, 0) is 43.4 Å². The summed E-state index contributed by atoms with van der Waals surface area (Å²) in [6.07, 6.45) is 0. The smallest absolute Gasteiger partial charge is 0.283 e. The largest absolute Gasteiger partial charge is 0.296 e. The standard InChI is InChI=1S/C21H15ClFN3O2S2/c1-12-19(20(28)26(24(12)2)13-7-4-3-5-8-13)25-17(27)11-16(30-21(25)29)18-14(22)9-6-10-15(18)23/h3-11H,1-2H3. The molecule has 0 bridgehead atoms. The van der Waals surface area contributed by atoms with Crippen molar-refractivity contribution in [2.75, 3.05) is 0 Å². The zero-order chi connectivity index (χ0) is 21.6. The number of para-hydroxylation sites is 1. The highest BCUT2D eigenvalue weighted by atomic mass is 35.5. The summed E-state index contributed by atoms with van der Waals surface area (Å²) in [5, 5.41) is 0.181. The summed E-state index contributed by atoms with van der Waals surface area (Å²) in [6, 6.07) is 14.6. The zero-order valence-electron chi connectivity index (χ0n) is 15.9. The molecule has 0 N–H and O–H groups in total. The lowest BCUT2D eigenvalue weighted by Gasteiger charge is -2.08. The van der Waals surface area contributed by atoms with Crippen molar-refractivity contribution in [3.63, 3.8) is 0 Å². The molecule has 0 atom stereocenters. The van der Waals surface area contributed by atoms with Gasteiger partial charge in [0.25, 0.3) is 11.1 Å². The van der Waals surface area contributed by atoms with Crippen LogP contribution in [0.25, 0.3) is 21.8 Å². The Morgan fingerprint density at radius 2 is 1.77 bits per heavy atom. The van der Waals surface area contributed by atoms with Crippen molar-refractivity contribution in [2.24, 2.45) is 7.05 Å². The summed E-state index contributed by atoms with van der Waals surface area (Å²) >= 11 is 12.6. The molecule has 0 fully saturated rings. The van der Waals surface area contributed by atoms with E-state index in [1.165, 1.54) is 27.4 Å². The second-order valence-corrected chi connectivity index (χ2v) is 8.64. The highest BCUT2D eigenvalue weighted by Crippen LogP contribution is 2.33. The van der Waals surface area contributed by atoms with Gasteiger partial charge in [-0.3, -0.25) is 18.8 Å². The van der Waals surface area contributed by atoms with Gasteiger partial charge in [0.05, 0.1) is 16.4 Å². The van der Waals surface area contributed by atoms with Gasteiger partial charge in [-0.2, -0.15) is 0 Å². The number of nitrogens with zero attached hydrogens (tertiary/aromatic N) is 3. The minimum absolute atomic E-state index is 0.117. The van der Waals surface area contributed by atoms with E-state index in [0.29, 0.717) is 16.3 Å². The van der Waals surface area contributed by atoms with Crippen molar-refractivity contribution in [3.05, 3.63) is 95.8 Å². The number of aromatic nitrogens is 3. The van der Waals surface area contributed by atoms with Crippen molar-refractivity contribution in [1.29, 1.82) is 0 Å². The molecular weight excluding hydrogens is 445 g/mol. The third-order valence-electron chi connectivity index (χ3n) is 4.81. The molecule has 2 heterocycles. The van der Waals surface area contributed by atoms with Crippen LogP contribution in [0, 0.1) is 16.7 Å². The Hall–Kier alpha value is -2.81. The second kappa shape index (κ2) is 7.79. The number of halogens is 2. The fourth-order valence-corrected chi connectivity index (χ4v) is 5.01. The monoisotopic (exact) mass is 459 g/mol. The molecule has 9 heteroatoms. The van der Waals surface area contributed by atoms with Gasteiger partial charge in [-0.25, -0.2) is 9.07 Å². The van der Waals surface area contributed by atoms with Crippen LogP contribution >= 0.6 is 35.2 Å². The van der Waals surface area contributed by atoms with Gasteiger partial charge >= 0.3 is 0 Å². The summed E-state index contributed by atoms with van der Waals surface area (Å²) in [5.41, 5.74) is 0.611. The highest BCUT2D eigenvalue weighted by Gasteiger charge is 2.21. The summed E-state index contributed by atoms with van der Waals surface area (Å²) in [6.45, 7) is 1.74. The van der Waals surface area contributed by atoms with E-state index >= 15 is 0 Å². The third kappa shape index (κ3) is 3.27. The minimum atomic E-state index is -0.548. The van der Waals surface area contributed by atoms with Crippen molar-refractivity contribution >= 4 is 35.2 Å². The van der Waals surface area contributed by atoms with Gasteiger partial charge in [0, 0.05) is 23.6 Å². The molecule has 0 saturated heterocycles. The SMILES string of the molecule is Cc1c(-n2c(=O)cc(-c3c(F)cccc3Cl)sc2=S)c(=O)n(-c2ccccc2)n1C. The van der Waals surface area contributed by atoms with Crippen LogP contribution < -0.4 is 11.1 Å². The number of benzene rings is 2. The normalized spacial score (nSPS) is 11.1. The van der Waals surface area contributed by atoms with Gasteiger partial charge < -0.3 is 0 Å². The second-order valence-electron chi connectivity index (χ2n) is 6.56. The summed E-state index contributed by atoms with van der Waals surface area (Å²) in [4.78, 5) is 26.5. The lowest BCUT2D eigenvalue weighted by Crippen LogP contribution is -2.26. The molecule has 0 radical (unpaired) electrons. The highest BCUT2D eigenvalue weighted by molar-refractivity contribution is 7.73. The fourth-order valence-electron chi connectivity index (χ4n) is 3.31. The Labute approximate surface area is 184 Å². The topological polar surface area (TPSA) is 48.9 Å². The summed E-state index contributed by atoms with van der Waals surface area (Å²) in [7, 11) is 1.73. The van der Waals surface area contributed by atoms with E-state index in [1.807, 2.05) is 18.2 Å². The average Bonchev–Trinajstić information content (AvgIpc) is 2.91. The van der Waals surface area contributed by atoms with Crippen molar-refractivity contribution < 1.29 is 4.39 Å². The lowest BCUT2D eigenvalue weighted by molar-refractivity contribution is 0.630. The molecule has 2 aromatic heterocycles. The molecule has 5 nitrogen and oxygen atoms in total.